The number of hydrogen-bond donors (Lipinski definition) is 1. The predicted octanol–water partition coefficient (Wildman–Crippen LogP) is 0.930. The Morgan fingerprint density at radius 2 is 2.40 bits per heavy atom. The second-order valence-corrected chi connectivity index (χ2v) is 6.27. The van der Waals surface area contributed by atoms with Crippen LogP contribution in [0.4, 0.5) is 0 Å². The number of nitrogens with two attached hydrogens (primary N) is 1. The molecule has 0 radical (unpaired) electrons. The topological polar surface area (TPSA) is 38.5 Å². The molecule has 0 aliphatic carbocycles. The Balaban J connectivity index is 2.01. The standard InChI is InChI=1S/C11H22N2OS/c1-9-5-11(7-12,8-15-9)13-4-3-10(6-13)14-2/h9-10H,3-8,12H2,1-2H3. The number of hydrogen-bond acceptors (Lipinski definition) is 4. The monoisotopic (exact) mass is 230 g/mol. The smallest absolute Gasteiger partial charge is 0.0710 e. The second kappa shape index (κ2) is 4.62. The maximum atomic E-state index is 6.00. The predicted molar refractivity (Wildman–Crippen MR) is 65.3 cm³/mol. The lowest BCUT2D eigenvalue weighted by Gasteiger charge is -2.37. The van der Waals surface area contributed by atoms with Gasteiger partial charge >= 0.3 is 0 Å². The molecular formula is C11H22N2OS. The van der Waals surface area contributed by atoms with Gasteiger partial charge in [0.15, 0.2) is 0 Å². The number of rotatable bonds is 3. The number of nitrogens with zero attached hydrogens (tertiary/aromatic N) is 1. The van der Waals surface area contributed by atoms with Gasteiger partial charge in [-0.15, -0.1) is 0 Å². The van der Waals surface area contributed by atoms with Crippen molar-refractivity contribution in [1.82, 2.24) is 4.90 Å². The van der Waals surface area contributed by atoms with Gasteiger partial charge in [0.05, 0.1) is 6.10 Å². The summed E-state index contributed by atoms with van der Waals surface area (Å²) in [4.78, 5) is 2.57. The third-order valence-corrected chi connectivity index (χ3v) is 5.27. The van der Waals surface area contributed by atoms with Crippen molar-refractivity contribution in [3.63, 3.8) is 0 Å². The third kappa shape index (κ3) is 2.18. The summed E-state index contributed by atoms with van der Waals surface area (Å²) >= 11 is 2.06. The van der Waals surface area contributed by atoms with Gasteiger partial charge in [0.2, 0.25) is 0 Å². The normalized spacial score (nSPS) is 42.6. The average Bonchev–Trinajstić information content (AvgIpc) is 2.84. The lowest BCUT2D eigenvalue weighted by molar-refractivity contribution is 0.0813. The Morgan fingerprint density at radius 3 is 2.87 bits per heavy atom. The minimum atomic E-state index is 0.261. The molecule has 0 spiro atoms. The Morgan fingerprint density at radius 1 is 1.60 bits per heavy atom. The van der Waals surface area contributed by atoms with Gasteiger partial charge in [0.1, 0.15) is 0 Å². The Kier molecular flexibility index (Phi) is 3.60. The second-order valence-electron chi connectivity index (χ2n) is 4.85. The fourth-order valence-electron chi connectivity index (χ4n) is 2.79. The van der Waals surface area contributed by atoms with E-state index in [0.29, 0.717) is 6.10 Å². The summed E-state index contributed by atoms with van der Waals surface area (Å²) in [5.41, 5.74) is 6.26. The molecule has 15 heavy (non-hydrogen) atoms. The fourth-order valence-corrected chi connectivity index (χ4v) is 4.23. The van der Waals surface area contributed by atoms with Crippen molar-refractivity contribution in [3.05, 3.63) is 0 Å². The van der Waals surface area contributed by atoms with E-state index in [-0.39, 0.29) is 5.54 Å². The molecule has 2 saturated heterocycles. The van der Waals surface area contributed by atoms with E-state index in [0.717, 1.165) is 31.3 Å². The van der Waals surface area contributed by atoms with Crippen molar-refractivity contribution in [1.29, 1.82) is 0 Å². The molecule has 2 aliphatic rings. The molecule has 3 nitrogen and oxygen atoms in total. The first kappa shape index (κ1) is 11.7. The minimum absolute atomic E-state index is 0.261. The van der Waals surface area contributed by atoms with Crippen molar-refractivity contribution in [2.75, 3.05) is 32.5 Å². The van der Waals surface area contributed by atoms with Crippen LogP contribution in [0.2, 0.25) is 0 Å². The van der Waals surface area contributed by atoms with Crippen LogP contribution in [0, 0.1) is 0 Å². The van der Waals surface area contributed by atoms with E-state index in [1.807, 2.05) is 7.11 Å². The number of ether oxygens (including phenoxy) is 1. The molecule has 2 N–H and O–H groups in total. The summed E-state index contributed by atoms with van der Waals surface area (Å²) in [7, 11) is 1.81. The van der Waals surface area contributed by atoms with E-state index in [2.05, 4.69) is 23.6 Å². The van der Waals surface area contributed by atoms with Crippen LogP contribution in [0.15, 0.2) is 0 Å². The van der Waals surface area contributed by atoms with E-state index in [9.17, 15) is 0 Å². The van der Waals surface area contributed by atoms with E-state index in [4.69, 9.17) is 10.5 Å². The SMILES string of the molecule is COC1CCN(C2(CN)CSC(C)C2)C1. The van der Waals surface area contributed by atoms with Crippen molar-refractivity contribution in [2.24, 2.45) is 5.73 Å². The fraction of sp³-hybridized carbons (Fsp3) is 1.00. The van der Waals surface area contributed by atoms with Crippen LogP contribution in [0.25, 0.3) is 0 Å². The van der Waals surface area contributed by atoms with Crippen LogP contribution >= 0.6 is 11.8 Å². The lowest BCUT2D eigenvalue weighted by atomic mass is 9.94. The van der Waals surface area contributed by atoms with Crippen molar-refractivity contribution < 1.29 is 4.74 Å². The van der Waals surface area contributed by atoms with Crippen LogP contribution in [0.5, 0.6) is 0 Å². The molecule has 0 aromatic rings. The van der Waals surface area contributed by atoms with E-state index < -0.39 is 0 Å². The first-order valence-corrected chi connectivity index (χ1v) is 6.84. The molecule has 0 aromatic heterocycles. The largest absolute Gasteiger partial charge is 0.380 e. The highest BCUT2D eigenvalue weighted by Crippen LogP contribution is 2.39. The molecule has 2 heterocycles. The van der Waals surface area contributed by atoms with Gasteiger partial charge < -0.3 is 10.5 Å². The maximum absolute atomic E-state index is 6.00. The highest BCUT2D eigenvalue weighted by molar-refractivity contribution is 8.00. The van der Waals surface area contributed by atoms with E-state index in [1.165, 1.54) is 12.2 Å². The summed E-state index contributed by atoms with van der Waals surface area (Å²) in [6.07, 6.45) is 2.83. The molecule has 88 valence electrons. The number of thioether (sulfide) groups is 1. The summed E-state index contributed by atoms with van der Waals surface area (Å²) in [5.74, 6) is 1.20. The highest BCUT2D eigenvalue weighted by Gasteiger charge is 2.44. The van der Waals surface area contributed by atoms with Crippen LogP contribution in [-0.4, -0.2) is 54.3 Å². The van der Waals surface area contributed by atoms with Crippen molar-refractivity contribution in [2.45, 2.75) is 36.7 Å². The first-order chi connectivity index (χ1) is 7.20. The number of likely N-dealkylation sites (tertiary alicyclic amines) is 1. The summed E-state index contributed by atoms with van der Waals surface area (Å²) in [6, 6.07) is 0. The molecule has 0 amide bonds. The van der Waals surface area contributed by atoms with Gasteiger partial charge in [-0.05, 0) is 12.8 Å². The first-order valence-electron chi connectivity index (χ1n) is 5.80. The lowest BCUT2D eigenvalue weighted by Crippen LogP contribution is -2.53. The molecule has 2 fully saturated rings. The highest BCUT2D eigenvalue weighted by atomic mass is 32.2. The van der Waals surface area contributed by atoms with Gasteiger partial charge in [-0.2, -0.15) is 11.8 Å². The molecule has 3 unspecified atom stereocenters. The minimum Gasteiger partial charge on any atom is -0.380 e. The van der Waals surface area contributed by atoms with Crippen LogP contribution in [0.3, 0.4) is 0 Å². The van der Waals surface area contributed by atoms with E-state index in [1.54, 1.807) is 0 Å². The summed E-state index contributed by atoms with van der Waals surface area (Å²) in [6.45, 7) is 5.33. The third-order valence-electron chi connectivity index (χ3n) is 3.83. The molecule has 4 heteroatoms. The Hall–Kier alpha value is 0.230. The van der Waals surface area contributed by atoms with Gasteiger partial charge in [-0.25, -0.2) is 0 Å². The zero-order chi connectivity index (χ0) is 10.9. The van der Waals surface area contributed by atoms with Gasteiger partial charge in [0.25, 0.3) is 0 Å². The summed E-state index contributed by atoms with van der Waals surface area (Å²) < 4.78 is 5.43. The van der Waals surface area contributed by atoms with Crippen molar-refractivity contribution >= 4 is 11.8 Å². The van der Waals surface area contributed by atoms with Crippen LogP contribution in [0.1, 0.15) is 19.8 Å². The quantitative estimate of drug-likeness (QED) is 0.783. The Bertz CT molecular complexity index is 227. The van der Waals surface area contributed by atoms with Crippen LogP contribution < -0.4 is 5.73 Å². The number of methoxy groups -OCH3 is 1. The molecule has 0 bridgehead atoms. The zero-order valence-electron chi connectivity index (χ0n) is 9.74. The maximum Gasteiger partial charge on any atom is 0.0710 e. The molecule has 3 atom stereocenters. The molecule has 2 aliphatic heterocycles. The molecular weight excluding hydrogens is 208 g/mol. The molecule has 0 aromatic carbocycles. The van der Waals surface area contributed by atoms with Gasteiger partial charge in [0, 0.05) is 43.3 Å². The van der Waals surface area contributed by atoms with Crippen molar-refractivity contribution in [3.8, 4) is 0 Å². The molecule has 0 saturated carbocycles. The van der Waals surface area contributed by atoms with Gasteiger partial charge in [-0.3, -0.25) is 4.90 Å². The van der Waals surface area contributed by atoms with Gasteiger partial charge in [-0.1, -0.05) is 6.92 Å². The molecule has 2 rings (SSSR count). The average molecular weight is 230 g/mol. The summed E-state index contributed by atoms with van der Waals surface area (Å²) in [5, 5.41) is 0.759. The van der Waals surface area contributed by atoms with Crippen LogP contribution in [-0.2, 0) is 4.74 Å². The van der Waals surface area contributed by atoms with E-state index >= 15 is 0 Å². The zero-order valence-corrected chi connectivity index (χ0v) is 10.6. The Labute approximate surface area is 96.7 Å².